The van der Waals surface area contributed by atoms with E-state index in [1.807, 2.05) is 32.0 Å². The van der Waals surface area contributed by atoms with Crippen LogP contribution in [0.5, 0.6) is 5.75 Å². The second kappa shape index (κ2) is 8.23. The quantitative estimate of drug-likeness (QED) is 0.777. The first-order chi connectivity index (χ1) is 12.2. The molecule has 140 valence electrons. The Hall–Kier alpha value is -2.54. The van der Waals surface area contributed by atoms with Gasteiger partial charge in [0.1, 0.15) is 5.75 Å². The SMILES string of the molecule is CC[C@@H](NC(=O)c1ccccc1NS(C)(=O)=O)c1ccc(OC)c(C)c1. The predicted molar refractivity (Wildman–Crippen MR) is 103 cm³/mol. The van der Waals surface area contributed by atoms with Gasteiger partial charge in [0, 0.05) is 0 Å². The molecule has 0 aliphatic heterocycles. The van der Waals surface area contributed by atoms with E-state index in [4.69, 9.17) is 4.74 Å². The van der Waals surface area contributed by atoms with Crippen LogP contribution in [0, 0.1) is 6.92 Å². The summed E-state index contributed by atoms with van der Waals surface area (Å²) in [5, 5.41) is 2.98. The number of ether oxygens (including phenoxy) is 1. The Morgan fingerprint density at radius 1 is 1.19 bits per heavy atom. The highest BCUT2D eigenvalue weighted by molar-refractivity contribution is 7.92. The first-order valence-corrected chi connectivity index (χ1v) is 10.2. The maximum atomic E-state index is 12.7. The van der Waals surface area contributed by atoms with Crippen molar-refractivity contribution in [3.05, 3.63) is 59.2 Å². The molecule has 0 aromatic heterocycles. The summed E-state index contributed by atoms with van der Waals surface area (Å²) in [4.78, 5) is 12.7. The number of carbonyl (C=O) groups excluding carboxylic acids is 1. The highest BCUT2D eigenvalue weighted by atomic mass is 32.2. The molecule has 0 aliphatic rings. The minimum absolute atomic E-state index is 0.196. The molecule has 2 aromatic carbocycles. The number of para-hydroxylation sites is 1. The largest absolute Gasteiger partial charge is 0.496 e. The molecule has 7 heteroatoms. The normalized spacial score (nSPS) is 12.3. The molecule has 6 nitrogen and oxygen atoms in total. The summed E-state index contributed by atoms with van der Waals surface area (Å²) in [6.07, 6.45) is 1.75. The van der Waals surface area contributed by atoms with Crippen molar-refractivity contribution in [1.82, 2.24) is 5.32 Å². The number of amides is 1. The Morgan fingerprint density at radius 2 is 1.88 bits per heavy atom. The predicted octanol–water partition coefficient (Wildman–Crippen LogP) is 3.26. The van der Waals surface area contributed by atoms with Crippen LogP contribution in [0.3, 0.4) is 0 Å². The van der Waals surface area contributed by atoms with Crippen LogP contribution >= 0.6 is 0 Å². The summed E-state index contributed by atoms with van der Waals surface area (Å²) >= 11 is 0. The highest BCUT2D eigenvalue weighted by Gasteiger charge is 2.18. The number of aryl methyl sites for hydroxylation is 1. The molecule has 26 heavy (non-hydrogen) atoms. The molecule has 0 unspecified atom stereocenters. The molecule has 1 amide bonds. The number of carbonyl (C=O) groups is 1. The lowest BCUT2D eigenvalue weighted by Gasteiger charge is -2.20. The smallest absolute Gasteiger partial charge is 0.253 e. The van der Waals surface area contributed by atoms with Gasteiger partial charge in [-0.3, -0.25) is 9.52 Å². The fourth-order valence-corrected chi connectivity index (χ4v) is 3.32. The molecule has 2 aromatic rings. The molecule has 0 saturated carbocycles. The van der Waals surface area contributed by atoms with E-state index >= 15 is 0 Å². The molecule has 2 N–H and O–H groups in total. The number of benzene rings is 2. The topological polar surface area (TPSA) is 84.5 Å². The lowest BCUT2D eigenvalue weighted by Crippen LogP contribution is -2.29. The van der Waals surface area contributed by atoms with Crippen LogP contribution in [0.4, 0.5) is 5.69 Å². The van der Waals surface area contributed by atoms with Crippen molar-refractivity contribution in [2.75, 3.05) is 18.1 Å². The molecule has 1 atom stereocenters. The van der Waals surface area contributed by atoms with E-state index in [9.17, 15) is 13.2 Å². The average Bonchev–Trinajstić information content (AvgIpc) is 2.58. The van der Waals surface area contributed by atoms with Gasteiger partial charge in [0.15, 0.2) is 0 Å². The summed E-state index contributed by atoms with van der Waals surface area (Å²) in [5.74, 6) is 0.453. The third-order valence-corrected chi connectivity index (χ3v) is 4.59. The summed E-state index contributed by atoms with van der Waals surface area (Å²) < 4.78 is 30.7. The fourth-order valence-electron chi connectivity index (χ4n) is 2.75. The van der Waals surface area contributed by atoms with Crippen LogP contribution in [0.15, 0.2) is 42.5 Å². The van der Waals surface area contributed by atoms with Crippen LogP contribution in [-0.4, -0.2) is 27.7 Å². The van der Waals surface area contributed by atoms with Gasteiger partial charge in [-0.2, -0.15) is 0 Å². The van der Waals surface area contributed by atoms with Crippen LogP contribution in [0.1, 0.15) is 40.9 Å². The number of hydrogen-bond donors (Lipinski definition) is 2. The molecule has 0 spiro atoms. The molecule has 0 heterocycles. The Labute approximate surface area is 154 Å². The summed E-state index contributed by atoms with van der Waals surface area (Å²) in [6.45, 7) is 3.92. The fraction of sp³-hybridized carbons (Fsp3) is 0.316. The van der Waals surface area contributed by atoms with Gasteiger partial charge in [-0.15, -0.1) is 0 Å². The van der Waals surface area contributed by atoms with Gasteiger partial charge < -0.3 is 10.1 Å². The zero-order valence-electron chi connectivity index (χ0n) is 15.4. The van der Waals surface area contributed by atoms with E-state index in [1.165, 1.54) is 0 Å². The third-order valence-electron chi connectivity index (χ3n) is 4.00. The van der Waals surface area contributed by atoms with Crippen molar-refractivity contribution in [3.63, 3.8) is 0 Å². The van der Waals surface area contributed by atoms with Gasteiger partial charge in [-0.1, -0.05) is 31.2 Å². The highest BCUT2D eigenvalue weighted by Crippen LogP contribution is 2.25. The van der Waals surface area contributed by atoms with Gasteiger partial charge in [0.2, 0.25) is 10.0 Å². The van der Waals surface area contributed by atoms with Gasteiger partial charge >= 0.3 is 0 Å². The maximum Gasteiger partial charge on any atom is 0.253 e. The van der Waals surface area contributed by atoms with E-state index in [0.717, 1.165) is 23.1 Å². The zero-order chi connectivity index (χ0) is 19.3. The Morgan fingerprint density at radius 3 is 2.46 bits per heavy atom. The molecule has 0 fully saturated rings. The molecule has 0 bridgehead atoms. The lowest BCUT2D eigenvalue weighted by molar-refractivity contribution is 0.0936. The molecule has 0 aliphatic carbocycles. The van der Waals surface area contributed by atoms with E-state index in [0.29, 0.717) is 6.42 Å². The molecular weight excluding hydrogens is 352 g/mol. The second-order valence-electron chi connectivity index (χ2n) is 6.08. The first-order valence-electron chi connectivity index (χ1n) is 8.27. The van der Waals surface area contributed by atoms with E-state index in [-0.39, 0.29) is 23.2 Å². The standard InChI is InChI=1S/C19H24N2O4S/c1-5-16(14-10-11-18(25-3)13(2)12-14)20-19(22)15-8-6-7-9-17(15)21-26(4,23)24/h6-12,16,21H,5H2,1-4H3,(H,20,22)/t16-/m1/s1. The van der Waals surface area contributed by atoms with Gasteiger partial charge in [-0.25, -0.2) is 8.42 Å². The summed E-state index contributed by atoms with van der Waals surface area (Å²) in [6, 6.07) is 12.1. The zero-order valence-corrected chi connectivity index (χ0v) is 16.2. The molecular formula is C19H24N2O4S. The number of anilines is 1. The summed E-state index contributed by atoms with van der Waals surface area (Å²) in [7, 11) is -1.86. The van der Waals surface area contributed by atoms with Crippen molar-refractivity contribution in [2.45, 2.75) is 26.3 Å². The molecule has 2 rings (SSSR count). The van der Waals surface area contributed by atoms with Crippen LogP contribution < -0.4 is 14.8 Å². The molecule has 0 saturated heterocycles. The van der Waals surface area contributed by atoms with Gasteiger partial charge in [0.05, 0.1) is 30.7 Å². The van der Waals surface area contributed by atoms with Crippen molar-refractivity contribution >= 4 is 21.6 Å². The first kappa shape index (κ1) is 19.8. The van der Waals surface area contributed by atoms with Gasteiger partial charge in [-0.05, 0) is 42.7 Å². The van der Waals surface area contributed by atoms with Crippen molar-refractivity contribution < 1.29 is 17.9 Å². The minimum Gasteiger partial charge on any atom is -0.496 e. The van der Waals surface area contributed by atoms with Crippen LogP contribution in [-0.2, 0) is 10.0 Å². The number of methoxy groups -OCH3 is 1. The van der Waals surface area contributed by atoms with E-state index in [2.05, 4.69) is 10.0 Å². The Kier molecular flexibility index (Phi) is 6.26. The number of sulfonamides is 1. The molecule has 0 radical (unpaired) electrons. The average molecular weight is 376 g/mol. The Balaban J connectivity index is 2.26. The number of nitrogens with one attached hydrogen (secondary N) is 2. The Bertz CT molecular complexity index is 894. The number of hydrogen-bond acceptors (Lipinski definition) is 4. The van der Waals surface area contributed by atoms with Crippen molar-refractivity contribution in [2.24, 2.45) is 0 Å². The van der Waals surface area contributed by atoms with Gasteiger partial charge in [0.25, 0.3) is 5.91 Å². The second-order valence-corrected chi connectivity index (χ2v) is 7.83. The van der Waals surface area contributed by atoms with E-state index < -0.39 is 10.0 Å². The number of rotatable bonds is 7. The monoisotopic (exact) mass is 376 g/mol. The third kappa shape index (κ3) is 4.98. The van der Waals surface area contributed by atoms with Crippen LogP contribution in [0.25, 0.3) is 0 Å². The summed E-state index contributed by atoms with van der Waals surface area (Å²) in [5.41, 5.74) is 2.49. The van der Waals surface area contributed by atoms with Crippen molar-refractivity contribution in [3.8, 4) is 5.75 Å². The lowest BCUT2D eigenvalue weighted by atomic mass is 10.0. The van der Waals surface area contributed by atoms with E-state index in [1.54, 1.807) is 31.4 Å². The van der Waals surface area contributed by atoms with Crippen LogP contribution in [0.2, 0.25) is 0 Å². The maximum absolute atomic E-state index is 12.7. The van der Waals surface area contributed by atoms with Crippen molar-refractivity contribution in [1.29, 1.82) is 0 Å². The minimum atomic E-state index is -3.48.